The first-order chi connectivity index (χ1) is 13.5. The molecule has 1 aliphatic rings. The molecule has 1 N–H and O–H groups in total. The topological polar surface area (TPSA) is 83.0 Å². The van der Waals surface area contributed by atoms with Gasteiger partial charge in [0.25, 0.3) is 11.1 Å². The number of hydrogen-bond acceptors (Lipinski definition) is 6. The van der Waals surface area contributed by atoms with Crippen LogP contribution in [0.25, 0.3) is 22.2 Å². The Hall–Kier alpha value is -3.42. The Balaban J connectivity index is 2.08. The van der Waals surface area contributed by atoms with Crippen molar-refractivity contribution in [3.63, 3.8) is 0 Å². The summed E-state index contributed by atoms with van der Waals surface area (Å²) in [4.78, 5) is 14.4. The number of nitrogens with zero attached hydrogens (tertiary/aromatic N) is 2. The number of benzene rings is 2. The van der Waals surface area contributed by atoms with E-state index in [4.69, 9.17) is 18.9 Å². The molecule has 2 aromatic carbocycles. The summed E-state index contributed by atoms with van der Waals surface area (Å²) in [6, 6.07) is 6.82. The van der Waals surface area contributed by atoms with E-state index in [1.807, 2.05) is 6.07 Å². The fourth-order valence-corrected chi connectivity index (χ4v) is 3.73. The smallest absolute Gasteiger partial charge is 0.288 e. The van der Waals surface area contributed by atoms with E-state index in [0.717, 1.165) is 10.4 Å². The molecule has 0 saturated carbocycles. The van der Waals surface area contributed by atoms with Crippen molar-refractivity contribution in [2.45, 2.75) is 13.0 Å². The number of aryl methyl sites for hydroxylation is 1. The second-order valence-corrected chi connectivity index (χ2v) is 6.43. The van der Waals surface area contributed by atoms with Gasteiger partial charge in [-0.3, -0.25) is 4.79 Å². The Labute approximate surface area is 161 Å². The average Bonchev–Trinajstić information content (AvgIpc) is 2.74. The number of rotatable bonds is 4. The highest BCUT2D eigenvalue weighted by Crippen LogP contribution is 2.37. The molecule has 8 nitrogen and oxygen atoms in total. The predicted octanol–water partition coefficient (Wildman–Crippen LogP) is 1.78. The van der Waals surface area contributed by atoms with Gasteiger partial charge in [0.2, 0.25) is 0 Å². The highest BCUT2D eigenvalue weighted by molar-refractivity contribution is 5.85. The quantitative estimate of drug-likeness (QED) is 0.545. The van der Waals surface area contributed by atoms with Crippen molar-refractivity contribution in [2.75, 3.05) is 28.4 Å². The van der Waals surface area contributed by atoms with Gasteiger partial charge in [-0.15, -0.1) is 0 Å². The van der Waals surface area contributed by atoms with Crippen LogP contribution in [0.4, 0.5) is 0 Å². The Kier molecular flexibility index (Phi) is 4.26. The largest absolute Gasteiger partial charge is 0.493 e. The van der Waals surface area contributed by atoms with Crippen molar-refractivity contribution in [1.82, 2.24) is 4.85 Å². The van der Waals surface area contributed by atoms with E-state index in [1.54, 1.807) is 37.1 Å². The molecule has 1 aliphatic heterocycles. The van der Waals surface area contributed by atoms with E-state index in [0.29, 0.717) is 58.1 Å². The van der Waals surface area contributed by atoms with Gasteiger partial charge in [-0.25, -0.2) is 0 Å². The summed E-state index contributed by atoms with van der Waals surface area (Å²) in [5, 5.41) is 11.2. The zero-order chi connectivity index (χ0) is 20.0. The normalized spacial score (nSPS) is 12.3. The van der Waals surface area contributed by atoms with Gasteiger partial charge in [0, 0.05) is 17.3 Å². The van der Waals surface area contributed by atoms with Crippen LogP contribution < -0.4 is 29.1 Å². The lowest BCUT2D eigenvalue weighted by molar-refractivity contribution is -0.794. The minimum absolute atomic E-state index is 0.213. The van der Waals surface area contributed by atoms with Crippen LogP contribution in [0.3, 0.4) is 0 Å². The van der Waals surface area contributed by atoms with E-state index in [2.05, 4.69) is 0 Å². The third-order valence-corrected chi connectivity index (χ3v) is 5.12. The Morgan fingerprint density at radius 1 is 0.893 bits per heavy atom. The van der Waals surface area contributed by atoms with Crippen LogP contribution >= 0.6 is 0 Å². The minimum atomic E-state index is -0.213. The Morgan fingerprint density at radius 2 is 1.46 bits per heavy atom. The number of aromatic nitrogens is 2. The molecule has 28 heavy (non-hydrogen) atoms. The van der Waals surface area contributed by atoms with Crippen LogP contribution in [-0.2, 0) is 13.0 Å². The first kappa shape index (κ1) is 18.0. The van der Waals surface area contributed by atoms with Crippen LogP contribution in [0.15, 0.2) is 29.1 Å². The van der Waals surface area contributed by atoms with Crippen molar-refractivity contribution in [3.8, 4) is 34.3 Å². The van der Waals surface area contributed by atoms with E-state index >= 15 is 0 Å². The Bertz CT molecular complexity index is 1150. The monoisotopic (exact) mass is 385 g/mol. The molecule has 4 rings (SSSR count). The third-order valence-electron chi connectivity index (χ3n) is 5.12. The van der Waals surface area contributed by atoms with Crippen molar-refractivity contribution in [1.29, 1.82) is 0 Å². The average molecular weight is 385 g/mol. The first-order valence-corrected chi connectivity index (χ1v) is 8.73. The molecular formula is C20H21N2O6+. The van der Waals surface area contributed by atoms with E-state index in [-0.39, 0.29) is 5.43 Å². The van der Waals surface area contributed by atoms with Crippen molar-refractivity contribution >= 4 is 10.9 Å². The van der Waals surface area contributed by atoms with Crippen molar-refractivity contribution in [3.05, 3.63) is 40.1 Å². The summed E-state index contributed by atoms with van der Waals surface area (Å²) >= 11 is 0. The molecule has 0 fully saturated rings. The zero-order valence-corrected chi connectivity index (χ0v) is 16.1. The second-order valence-electron chi connectivity index (χ2n) is 6.43. The predicted molar refractivity (Wildman–Crippen MR) is 101 cm³/mol. The van der Waals surface area contributed by atoms with E-state index < -0.39 is 0 Å². The second kappa shape index (κ2) is 6.63. The third kappa shape index (κ3) is 2.45. The molecule has 0 saturated heterocycles. The fourth-order valence-electron chi connectivity index (χ4n) is 3.73. The molecule has 0 unspecified atom stereocenters. The van der Waals surface area contributed by atoms with Gasteiger partial charge < -0.3 is 24.2 Å². The lowest BCUT2D eigenvalue weighted by atomic mass is 9.96. The maximum absolute atomic E-state index is 13.4. The fraction of sp³-hybridized carbons (Fsp3) is 0.300. The Morgan fingerprint density at radius 3 is 2.11 bits per heavy atom. The van der Waals surface area contributed by atoms with Gasteiger partial charge in [-0.05, 0) is 23.8 Å². The van der Waals surface area contributed by atoms with Crippen molar-refractivity contribution < 1.29 is 28.8 Å². The van der Waals surface area contributed by atoms with Gasteiger partial charge in [0.1, 0.15) is 0 Å². The summed E-state index contributed by atoms with van der Waals surface area (Å²) in [6.07, 6.45) is 0.631. The first-order valence-electron chi connectivity index (χ1n) is 8.73. The van der Waals surface area contributed by atoms with Gasteiger partial charge in [0.15, 0.2) is 35.1 Å². The molecule has 0 radical (unpaired) electrons. The SMILES string of the molecule is COc1cc2c(cc1OC)-c1c(=O)c3cc(OC)c(OC)cc3n(O)[n+]1CC2. The van der Waals surface area contributed by atoms with Gasteiger partial charge in [-0.2, -0.15) is 0 Å². The summed E-state index contributed by atoms with van der Waals surface area (Å²) < 4.78 is 23.0. The minimum Gasteiger partial charge on any atom is -0.493 e. The van der Waals surface area contributed by atoms with E-state index in [9.17, 15) is 10.0 Å². The molecule has 0 amide bonds. The molecule has 2 heterocycles. The van der Waals surface area contributed by atoms with Crippen molar-refractivity contribution in [2.24, 2.45) is 0 Å². The summed E-state index contributed by atoms with van der Waals surface area (Å²) in [5.74, 6) is 1.97. The molecule has 0 atom stereocenters. The summed E-state index contributed by atoms with van der Waals surface area (Å²) in [7, 11) is 6.12. The van der Waals surface area contributed by atoms with Crippen LogP contribution in [-0.4, -0.2) is 38.5 Å². The lowest BCUT2D eigenvalue weighted by Crippen LogP contribution is -2.53. The molecule has 3 aromatic rings. The maximum atomic E-state index is 13.4. The molecule has 0 aliphatic carbocycles. The maximum Gasteiger partial charge on any atom is 0.288 e. The molecule has 0 spiro atoms. The molecule has 146 valence electrons. The highest BCUT2D eigenvalue weighted by atomic mass is 16.5. The van der Waals surface area contributed by atoms with Crippen LogP contribution in [0.5, 0.6) is 23.0 Å². The number of methoxy groups -OCH3 is 4. The number of fused-ring (bicyclic) bond motifs is 4. The van der Waals surface area contributed by atoms with Crippen LogP contribution in [0.2, 0.25) is 0 Å². The highest BCUT2D eigenvalue weighted by Gasteiger charge is 2.33. The summed E-state index contributed by atoms with van der Waals surface area (Å²) in [5.41, 5.74) is 2.16. The van der Waals surface area contributed by atoms with Gasteiger partial charge in [0.05, 0.1) is 39.4 Å². The number of ether oxygens (including phenoxy) is 4. The molecule has 8 heteroatoms. The molecular weight excluding hydrogens is 364 g/mol. The lowest BCUT2D eigenvalue weighted by Gasteiger charge is -2.19. The van der Waals surface area contributed by atoms with Crippen LogP contribution in [0, 0.1) is 0 Å². The molecule has 0 bridgehead atoms. The van der Waals surface area contributed by atoms with E-state index in [1.165, 1.54) is 14.2 Å². The van der Waals surface area contributed by atoms with Crippen LogP contribution in [0.1, 0.15) is 5.56 Å². The summed E-state index contributed by atoms with van der Waals surface area (Å²) in [6.45, 7) is 0.438. The number of hydrogen-bond donors (Lipinski definition) is 1. The van der Waals surface area contributed by atoms with Gasteiger partial charge >= 0.3 is 0 Å². The zero-order valence-electron chi connectivity index (χ0n) is 16.1. The van der Waals surface area contributed by atoms with Gasteiger partial charge in [-0.1, -0.05) is 4.68 Å². The molecule has 1 aromatic heterocycles. The standard InChI is InChI=1S/C20H21N2O6/c1-25-15-7-11-5-6-21-19(12(11)8-16(15)26-2)20(23)13-9-17(27-3)18(28-4)10-14(13)22(21)24/h7-10,24H,5-6H2,1-4H3/q+1.